The zero-order chi connectivity index (χ0) is 30.4. The third-order valence-electron chi connectivity index (χ3n) is 10.7. The summed E-state index contributed by atoms with van der Waals surface area (Å²) < 4.78 is 0. The van der Waals surface area contributed by atoms with Crippen molar-refractivity contribution < 1.29 is 14.4 Å². The van der Waals surface area contributed by atoms with Gasteiger partial charge in [-0.1, -0.05) is 80.1 Å². The third-order valence-corrected chi connectivity index (χ3v) is 10.7. The second kappa shape index (κ2) is 14.9. The van der Waals surface area contributed by atoms with Crippen molar-refractivity contribution in [1.29, 1.82) is 0 Å². The Morgan fingerprint density at radius 2 is 0.714 bits per heavy atom. The van der Waals surface area contributed by atoms with Crippen LogP contribution in [-0.2, 0) is 0 Å². The number of carbonyl (C=O) groups is 3. The molecule has 6 atom stereocenters. The van der Waals surface area contributed by atoms with Crippen LogP contribution < -0.4 is 16.0 Å². The number of hydrogen-bond acceptors (Lipinski definition) is 3. The van der Waals surface area contributed by atoms with E-state index in [-0.39, 0.29) is 35.8 Å². The van der Waals surface area contributed by atoms with Crippen LogP contribution in [0.1, 0.15) is 150 Å². The molecule has 1 aromatic rings. The van der Waals surface area contributed by atoms with Crippen molar-refractivity contribution in [1.82, 2.24) is 16.0 Å². The van der Waals surface area contributed by atoms with E-state index in [1.54, 1.807) is 18.2 Å². The molecule has 3 N–H and O–H groups in total. The number of amides is 3. The van der Waals surface area contributed by atoms with E-state index in [2.05, 4.69) is 57.5 Å². The topological polar surface area (TPSA) is 87.3 Å². The molecule has 0 heterocycles. The molecule has 3 fully saturated rings. The molecule has 0 aliphatic heterocycles. The van der Waals surface area contributed by atoms with E-state index < -0.39 is 0 Å². The van der Waals surface area contributed by atoms with E-state index in [9.17, 15) is 14.4 Å². The molecular weight excluding hydrogens is 522 g/mol. The average Bonchev–Trinajstić information content (AvgIpc) is 2.97. The van der Waals surface area contributed by atoms with Crippen LogP contribution in [-0.4, -0.2) is 35.8 Å². The van der Waals surface area contributed by atoms with Crippen molar-refractivity contribution in [3.8, 4) is 0 Å². The first-order valence-electron chi connectivity index (χ1n) is 17.1. The highest BCUT2D eigenvalue weighted by Crippen LogP contribution is 2.33. The molecule has 0 saturated heterocycles. The molecule has 234 valence electrons. The van der Waals surface area contributed by atoms with Crippen molar-refractivity contribution in [3.63, 3.8) is 0 Å². The maximum absolute atomic E-state index is 13.7. The maximum Gasteiger partial charge on any atom is 0.251 e. The first-order chi connectivity index (χ1) is 20.0. The average molecular weight is 580 g/mol. The van der Waals surface area contributed by atoms with Crippen molar-refractivity contribution in [2.24, 2.45) is 35.5 Å². The van der Waals surface area contributed by atoms with Gasteiger partial charge in [0, 0.05) is 34.8 Å². The SMILES string of the molecule is CC(C)C1CCCCC1NC(=O)c1cc(C(=O)NC2CCCCC2C(C)C)cc(C(=O)NC2CCCCC2C(C)C)c1. The molecule has 42 heavy (non-hydrogen) atoms. The smallest absolute Gasteiger partial charge is 0.251 e. The molecule has 0 aromatic heterocycles. The van der Waals surface area contributed by atoms with Gasteiger partial charge in [-0.15, -0.1) is 0 Å². The summed E-state index contributed by atoms with van der Waals surface area (Å²) in [5, 5.41) is 9.91. The van der Waals surface area contributed by atoms with E-state index in [1.165, 1.54) is 19.3 Å². The van der Waals surface area contributed by atoms with Crippen LogP contribution in [0.2, 0.25) is 0 Å². The van der Waals surface area contributed by atoms with Gasteiger partial charge in [0.15, 0.2) is 0 Å². The fourth-order valence-electron chi connectivity index (χ4n) is 8.19. The Kier molecular flexibility index (Phi) is 11.5. The summed E-state index contributed by atoms with van der Waals surface area (Å²) in [6.07, 6.45) is 13.2. The van der Waals surface area contributed by atoms with E-state index in [0.29, 0.717) is 52.2 Å². The first kappa shape index (κ1) is 32.5. The molecule has 0 spiro atoms. The number of carbonyl (C=O) groups excluding carboxylic acids is 3. The fraction of sp³-hybridized carbons (Fsp3) is 0.750. The standard InChI is InChI=1S/C36H57N3O3/c1-22(2)28-13-7-10-16-31(28)37-34(40)25-19-26(35(41)38-32-17-11-8-14-29(32)23(3)4)21-27(20-25)36(42)39-33-18-12-9-15-30(33)24(5)6/h19-24,28-33H,7-18H2,1-6H3,(H,37,40)(H,38,41)(H,39,42). The van der Waals surface area contributed by atoms with Crippen molar-refractivity contribution in [2.45, 2.75) is 137 Å². The highest BCUT2D eigenvalue weighted by atomic mass is 16.2. The first-order valence-corrected chi connectivity index (χ1v) is 17.1. The van der Waals surface area contributed by atoms with Gasteiger partial charge in [-0.2, -0.15) is 0 Å². The van der Waals surface area contributed by atoms with Gasteiger partial charge in [-0.05, 0) is 92.2 Å². The fourth-order valence-corrected chi connectivity index (χ4v) is 8.19. The predicted molar refractivity (Wildman–Crippen MR) is 171 cm³/mol. The largest absolute Gasteiger partial charge is 0.349 e. The van der Waals surface area contributed by atoms with E-state index >= 15 is 0 Å². The van der Waals surface area contributed by atoms with E-state index in [1.807, 2.05) is 0 Å². The van der Waals surface area contributed by atoms with E-state index in [4.69, 9.17) is 0 Å². The molecular formula is C36H57N3O3. The van der Waals surface area contributed by atoms with Crippen molar-refractivity contribution in [2.75, 3.05) is 0 Å². The molecule has 1 aromatic carbocycles. The van der Waals surface area contributed by atoms with Crippen molar-refractivity contribution >= 4 is 17.7 Å². The molecule has 3 aliphatic rings. The van der Waals surface area contributed by atoms with Crippen LogP contribution >= 0.6 is 0 Å². The summed E-state index contributed by atoms with van der Waals surface area (Å²) in [6, 6.07) is 5.43. The monoisotopic (exact) mass is 579 g/mol. The minimum atomic E-state index is -0.188. The van der Waals surface area contributed by atoms with Gasteiger partial charge < -0.3 is 16.0 Å². The summed E-state index contributed by atoms with van der Waals surface area (Å²) in [6.45, 7) is 13.4. The number of benzene rings is 1. The summed E-state index contributed by atoms with van der Waals surface area (Å²) in [5.74, 6) is 2.22. The van der Waals surface area contributed by atoms with Crippen LogP contribution in [0, 0.1) is 35.5 Å². The number of rotatable bonds is 9. The van der Waals surface area contributed by atoms with E-state index in [0.717, 1.165) is 57.8 Å². The molecule has 3 saturated carbocycles. The van der Waals surface area contributed by atoms with Crippen LogP contribution in [0.15, 0.2) is 18.2 Å². The minimum absolute atomic E-state index is 0.115. The quantitative estimate of drug-likeness (QED) is 0.283. The molecule has 6 heteroatoms. The second-order valence-corrected chi connectivity index (χ2v) is 14.6. The summed E-state index contributed by atoms with van der Waals surface area (Å²) >= 11 is 0. The van der Waals surface area contributed by atoms with Gasteiger partial charge in [-0.3, -0.25) is 14.4 Å². The number of hydrogen-bond donors (Lipinski definition) is 3. The Balaban J connectivity index is 1.60. The highest BCUT2D eigenvalue weighted by Gasteiger charge is 2.32. The lowest BCUT2D eigenvalue weighted by atomic mass is 9.77. The van der Waals surface area contributed by atoms with Gasteiger partial charge >= 0.3 is 0 Å². The Bertz CT molecular complexity index is 935. The third kappa shape index (κ3) is 8.17. The molecule has 4 rings (SSSR count). The Morgan fingerprint density at radius 3 is 0.952 bits per heavy atom. The zero-order valence-electron chi connectivity index (χ0n) is 27.1. The lowest BCUT2D eigenvalue weighted by molar-refractivity contribution is 0.0888. The lowest BCUT2D eigenvalue weighted by Crippen LogP contribution is -2.45. The van der Waals surface area contributed by atoms with Gasteiger partial charge in [0.25, 0.3) is 17.7 Å². The number of nitrogens with one attached hydrogen (secondary N) is 3. The van der Waals surface area contributed by atoms with Gasteiger partial charge in [-0.25, -0.2) is 0 Å². The minimum Gasteiger partial charge on any atom is -0.349 e. The van der Waals surface area contributed by atoms with Crippen LogP contribution in [0.4, 0.5) is 0 Å². The molecule has 0 radical (unpaired) electrons. The van der Waals surface area contributed by atoms with Crippen LogP contribution in [0.3, 0.4) is 0 Å². The summed E-state index contributed by atoms with van der Waals surface area (Å²) in [5.41, 5.74) is 1.19. The summed E-state index contributed by atoms with van der Waals surface area (Å²) in [7, 11) is 0. The molecule has 3 amide bonds. The molecule has 3 aliphatic carbocycles. The Hall–Kier alpha value is -2.37. The zero-order valence-corrected chi connectivity index (χ0v) is 27.1. The predicted octanol–water partition coefficient (Wildman–Crippen LogP) is 7.52. The van der Waals surface area contributed by atoms with Gasteiger partial charge in [0.2, 0.25) is 0 Å². The molecule has 0 bridgehead atoms. The molecule has 6 nitrogen and oxygen atoms in total. The van der Waals surface area contributed by atoms with Crippen LogP contribution in [0.5, 0.6) is 0 Å². The van der Waals surface area contributed by atoms with Crippen LogP contribution in [0.25, 0.3) is 0 Å². The maximum atomic E-state index is 13.7. The Morgan fingerprint density at radius 1 is 0.476 bits per heavy atom. The Labute approximate surface area is 254 Å². The summed E-state index contributed by atoms with van der Waals surface area (Å²) in [4.78, 5) is 41.2. The normalized spacial score (nSPS) is 28.5. The van der Waals surface area contributed by atoms with Crippen molar-refractivity contribution in [3.05, 3.63) is 34.9 Å². The second-order valence-electron chi connectivity index (χ2n) is 14.6. The lowest BCUT2D eigenvalue weighted by Gasteiger charge is -2.35. The molecule has 6 unspecified atom stereocenters. The van der Waals surface area contributed by atoms with Gasteiger partial charge in [0.1, 0.15) is 0 Å². The highest BCUT2D eigenvalue weighted by molar-refractivity contribution is 6.04. The van der Waals surface area contributed by atoms with Gasteiger partial charge in [0.05, 0.1) is 0 Å².